The number of piperazine rings is 1. The summed E-state index contributed by atoms with van der Waals surface area (Å²) in [6, 6.07) is 15.0. The molecule has 178 valence electrons. The van der Waals surface area contributed by atoms with Crippen LogP contribution in [0.2, 0.25) is 5.02 Å². The summed E-state index contributed by atoms with van der Waals surface area (Å²) in [6.45, 7) is 4.22. The molecule has 1 amide bonds. The number of carbonyl (C=O) groups is 1. The Morgan fingerprint density at radius 2 is 1.71 bits per heavy atom. The van der Waals surface area contributed by atoms with Crippen LogP contribution in [0, 0.1) is 6.92 Å². The van der Waals surface area contributed by atoms with Gasteiger partial charge < -0.3 is 20.3 Å². The van der Waals surface area contributed by atoms with Gasteiger partial charge in [-0.15, -0.1) is 0 Å². The number of nitrogen functional groups attached to an aromatic ring is 1. The molecule has 0 unspecified atom stereocenters. The van der Waals surface area contributed by atoms with Crippen molar-refractivity contribution in [3.05, 3.63) is 65.3 Å². The van der Waals surface area contributed by atoms with E-state index in [-0.39, 0.29) is 18.5 Å². The van der Waals surface area contributed by atoms with Gasteiger partial charge in [-0.2, -0.15) is 9.97 Å². The van der Waals surface area contributed by atoms with Crippen LogP contribution in [0.3, 0.4) is 0 Å². The quantitative estimate of drug-likeness (QED) is 0.454. The Morgan fingerprint density at radius 3 is 2.43 bits per heavy atom. The Bertz CT molecular complexity index is 1360. The lowest BCUT2D eigenvalue weighted by atomic mass is 10.1. The highest BCUT2D eigenvalue weighted by molar-refractivity contribution is 6.30. The van der Waals surface area contributed by atoms with Crippen LogP contribution in [0.1, 0.15) is 5.56 Å². The number of hydrogen-bond acceptors (Lipinski definition) is 8. The number of nitrogens with zero attached hydrogens (tertiary/aromatic N) is 6. The van der Waals surface area contributed by atoms with Crippen LogP contribution in [-0.2, 0) is 4.79 Å². The molecular weight excluding hydrogens is 466 g/mol. The molecule has 4 aromatic rings. The van der Waals surface area contributed by atoms with Crippen molar-refractivity contribution >= 4 is 40.4 Å². The molecule has 2 aromatic carbocycles. The molecule has 0 aliphatic carbocycles. The fourth-order valence-corrected chi connectivity index (χ4v) is 4.05. The average Bonchev–Trinajstić information content (AvgIpc) is 2.88. The largest absolute Gasteiger partial charge is 0.484 e. The van der Waals surface area contributed by atoms with E-state index >= 15 is 0 Å². The second-order valence-electron chi connectivity index (χ2n) is 8.31. The van der Waals surface area contributed by atoms with Crippen LogP contribution in [-0.4, -0.2) is 63.5 Å². The molecule has 1 saturated heterocycles. The first-order valence-electron chi connectivity index (χ1n) is 11.2. The molecule has 1 aliphatic heterocycles. The van der Waals surface area contributed by atoms with Crippen molar-refractivity contribution in [3.8, 4) is 17.0 Å². The Hall–Kier alpha value is -3.98. The summed E-state index contributed by atoms with van der Waals surface area (Å²) in [7, 11) is 0. The Balaban J connectivity index is 1.30. The van der Waals surface area contributed by atoms with Gasteiger partial charge in [0, 0.05) is 36.8 Å². The van der Waals surface area contributed by atoms with Gasteiger partial charge in [0.15, 0.2) is 23.6 Å². The Kier molecular flexibility index (Phi) is 6.33. The predicted molar refractivity (Wildman–Crippen MR) is 135 cm³/mol. The van der Waals surface area contributed by atoms with Gasteiger partial charge in [0.1, 0.15) is 5.75 Å². The fourth-order valence-electron chi connectivity index (χ4n) is 3.93. The molecule has 1 aliphatic rings. The van der Waals surface area contributed by atoms with Gasteiger partial charge in [-0.1, -0.05) is 41.4 Å². The molecule has 10 heteroatoms. The Labute approximate surface area is 207 Å². The number of ether oxygens (including phenoxy) is 1. The third kappa shape index (κ3) is 5.09. The third-order valence-corrected chi connectivity index (χ3v) is 6.11. The number of carbonyl (C=O) groups excluding carboxylic acids is 1. The number of aryl methyl sites for hydroxylation is 1. The number of benzene rings is 2. The lowest BCUT2D eigenvalue weighted by Gasteiger charge is -2.35. The molecule has 0 spiro atoms. The number of rotatable bonds is 5. The van der Waals surface area contributed by atoms with Crippen molar-refractivity contribution in [2.45, 2.75) is 6.92 Å². The summed E-state index contributed by atoms with van der Waals surface area (Å²) in [5, 5.41) is 0.619. The number of anilines is 2. The third-order valence-electron chi connectivity index (χ3n) is 5.86. The first-order valence-corrected chi connectivity index (χ1v) is 11.6. The van der Waals surface area contributed by atoms with E-state index in [2.05, 4.69) is 19.9 Å². The van der Waals surface area contributed by atoms with Crippen LogP contribution in [0.15, 0.2) is 54.7 Å². The molecule has 1 fully saturated rings. The van der Waals surface area contributed by atoms with E-state index in [0.29, 0.717) is 53.9 Å². The molecule has 2 aromatic heterocycles. The molecule has 2 N–H and O–H groups in total. The zero-order chi connectivity index (χ0) is 24.4. The van der Waals surface area contributed by atoms with E-state index in [4.69, 9.17) is 27.1 Å². The number of amides is 1. The first kappa shape index (κ1) is 22.8. The van der Waals surface area contributed by atoms with Crippen molar-refractivity contribution in [3.63, 3.8) is 0 Å². The van der Waals surface area contributed by atoms with Crippen LogP contribution in [0.5, 0.6) is 5.75 Å². The molecule has 5 rings (SSSR count). The molecule has 0 radical (unpaired) electrons. The maximum absolute atomic E-state index is 12.7. The average molecular weight is 490 g/mol. The zero-order valence-corrected chi connectivity index (χ0v) is 19.9. The molecular formula is C25H24ClN7O2. The molecule has 9 nitrogen and oxygen atoms in total. The predicted octanol–water partition coefficient (Wildman–Crippen LogP) is 3.36. The number of aromatic nitrogens is 4. The minimum atomic E-state index is -0.0758. The second kappa shape index (κ2) is 9.71. The van der Waals surface area contributed by atoms with Gasteiger partial charge in [0.2, 0.25) is 5.95 Å². The van der Waals surface area contributed by atoms with E-state index in [9.17, 15) is 4.79 Å². The van der Waals surface area contributed by atoms with Crippen molar-refractivity contribution in [1.29, 1.82) is 0 Å². The van der Waals surface area contributed by atoms with Crippen molar-refractivity contribution in [2.75, 3.05) is 43.4 Å². The number of hydrogen-bond donors (Lipinski definition) is 1. The van der Waals surface area contributed by atoms with Gasteiger partial charge in [-0.25, -0.2) is 9.97 Å². The van der Waals surface area contributed by atoms with Gasteiger partial charge in [-0.05, 0) is 31.2 Å². The number of nitrogens with two attached hydrogens (primary N) is 1. The standard InChI is InChI=1S/C25H24ClN7O2/c1-16-2-4-17(5-3-16)20-14-28-23-22(29-20)24(31-25(27)30-23)33-12-10-32(11-13-33)21(34)15-35-19-8-6-18(26)7-9-19/h2-9,14H,10-13,15H2,1H3,(H2,27,28,30,31). The van der Waals surface area contributed by atoms with Crippen LogP contribution in [0.25, 0.3) is 22.4 Å². The summed E-state index contributed by atoms with van der Waals surface area (Å²) >= 11 is 5.89. The van der Waals surface area contributed by atoms with Crippen molar-refractivity contribution in [1.82, 2.24) is 24.8 Å². The maximum Gasteiger partial charge on any atom is 0.260 e. The van der Waals surface area contributed by atoms with Crippen molar-refractivity contribution < 1.29 is 9.53 Å². The molecule has 35 heavy (non-hydrogen) atoms. The lowest BCUT2D eigenvalue weighted by molar-refractivity contribution is -0.133. The highest BCUT2D eigenvalue weighted by Crippen LogP contribution is 2.26. The zero-order valence-electron chi connectivity index (χ0n) is 19.2. The minimum absolute atomic E-state index is 0.0313. The van der Waals surface area contributed by atoms with E-state index in [1.165, 1.54) is 5.56 Å². The van der Waals surface area contributed by atoms with Gasteiger partial charge in [0.25, 0.3) is 5.91 Å². The fraction of sp³-hybridized carbons (Fsp3) is 0.240. The van der Waals surface area contributed by atoms with E-state index < -0.39 is 0 Å². The highest BCUT2D eigenvalue weighted by atomic mass is 35.5. The molecule has 0 saturated carbocycles. The smallest absolute Gasteiger partial charge is 0.260 e. The van der Waals surface area contributed by atoms with E-state index in [1.807, 2.05) is 31.2 Å². The second-order valence-corrected chi connectivity index (χ2v) is 8.75. The van der Waals surface area contributed by atoms with Gasteiger partial charge >= 0.3 is 0 Å². The summed E-state index contributed by atoms with van der Waals surface area (Å²) in [5.41, 5.74) is 9.87. The van der Waals surface area contributed by atoms with Gasteiger partial charge in [-0.3, -0.25) is 4.79 Å². The summed E-state index contributed by atoms with van der Waals surface area (Å²) in [5.74, 6) is 1.29. The lowest BCUT2D eigenvalue weighted by Crippen LogP contribution is -2.50. The maximum atomic E-state index is 12.7. The first-order chi connectivity index (χ1) is 17.0. The SMILES string of the molecule is Cc1ccc(-c2cnc3nc(N)nc(N4CCN(C(=O)COc5ccc(Cl)cc5)CC4)c3n2)cc1. The topological polar surface area (TPSA) is 110 Å². The van der Waals surface area contributed by atoms with Crippen LogP contribution >= 0.6 is 11.6 Å². The van der Waals surface area contributed by atoms with E-state index in [0.717, 1.165) is 11.3 Å². The number of fused-ring (bicyclic) bond motifs is 1. The summed E-state index contributed by atoms with van der Waals surface area (Å²) in [4.78, 5) is 34.6. The normalized spacial score (nSPS) is 13.8. The molecule has 3 heterocycles. The monoisotopic (exact) mass is 489 g/mol. The Morgan fingerprint density at radius 1 is 1.00 bits per heavy atom. The van der Waals surface area contributed by atoms with Crippen LogP contribution in [0.4, 0.5) is 11.8 Å². The summed E-state index contributed by atoms with van der Waals surface area (Å²) < 4.78 is 5.60. The van der Waals surface area contributed by atoms with Gasteiger partial charge in [0.05, 0.1) is 11.9 Å². The molecule has 0 atom stereocenters. The molecule has 0 bridgehead atoms. The van der Waals surface area contributed by atoms with E-state index in [1.54, 1.807) is 35.4 Å². The summed E-state index contributed by atoms with van der Waals surface area (Å²) in [6.07, 6.45) is 1.69. The minimum Gasteiger partial charge on any atom is -0.484 e. The highest BCUT2D eigenvalue weighted by Gasteiger charge is 2.25. The number of halogens is 1. The van der Waals surface area contributed by atoms with Crippen molar-refractivity contribution in [2.24, 2.45) is 0 Å². The van der Waals surface area contributed by atoms with Crippen LogP contribution < -0.4 is 15.4 Å².